The van der Waals surface area contributed by atoms with Gasteiger partial charge < -0.3 is 14.8 Å². The van der Waals surface area contributed by atoms with Crippen molar-refractivity contribution in [1.29, 1.82) is 0 Å². The number of nitrogens with zero attached hydrogens (tertiary/aromatic N) is 2. The third-order valence-electron chi connectivity index (χ3n) is 6.50. The summed E-state index contributed by atoms with van der Waals surface area (Å²) in [5.41, 5.74) is 1.70. The summed E-state index contributed by atoms with van der Waals surface area (Å²) in [5.74, 6) is 1.68. The molecule has 0 atom stereocenters. The van der Waals surface area contributed by atoms with Gasteiger partial charge in [-0.15, -0.1) is 0 Å². The van der Waals surface area contributed by atoms with Gasteiger partial charge in [-0.05, 0) is 61.2 Å². The highest BCUT2D eigenvalue weighted by Gasteiger charge is 2.51. The number of ether oxygens (including phenoxy) is 2. The molecular formula is C26H27N3O5S. The van der Waals surface area contributed by atoms with Gasteiger partial charge in [0.05, 0.1) is 16.0 Å². The SMILES string of the molecule is CCCN(C)S(=O)(=O)c1ccc(-c2cccc(NC(=O)C3(c4ccc5c(c4)OCO5)CC3)n2)cc1. The minimum Gasteiger partial charge on any atom is -0.454 e. The quantitative estimate of drug-likeness (QED) is 0.506. The highest BCUT2D eigenvalue weighted by Crippen LogP contribution is 2.51. The summed E-state index contributed by atoms with van der Waals surface area (Å²) >= 11 is 0. The number of anilines is 1. The molecule has 1 amide bonds. The van der Waals surface area contributed by atoms with Crippen LogP contribution in [0.3, 0.4) is 0 Å². The molecule has 5 rings (SSSR count). The highest BCUT2D eigenvalue weighted by atomic mass is 32.2. The van der Waals surface area contributed by atoms with Gasteiger partial charge in [-0.1, -0.05) is 31.2 Å². The number of rotatable bonds is 8. The van der Waals surface area contributed by atoms with Crippen LogP contribution >= 0.6 is 0 Å². The Morgan fingerprint density at radius 2 is 1.80 bits per heavy atom. The van der Waals surface area contributed by atoms with Crippen LogP contribution in [0.25, 0.3) is 11.3 Å². The molecule has 0 radical (unpaired) electrons. The number of sulfonamides is 1. The maximum atomic E-state index is 13.2. The summed E-state index contributed by atoms with van der Waals surface area (Å²) < 4.78 is 37.5. The Kier molecular flexibility index (Phi) is 5.98. The molecule has 1 saturated carbocycles. The lowest BCUT2D eigenvalue weighted by Gasteiger charge is -2.17. The van der Waals surface area contributed by atoms with Gasteiger partial charge in [-0.2, -0.15) is 0 Å². The van der Waals surface area contributed by atoms with Gasteiger partial charge in [-0.3, -0.25) is 4.79 Å². The smallest absolute Gasteiger partial charge is 0.242 e. The summed E-state index contributed by atoms with van der Waals surface area (Å²) in [6.07, 6.45) is 2.24. The zero-order valence-corrected chi connectivity index (χ0v) is 20.5. The molecule has 2 heterocycles. The van der Waals surface area contributed by atoms with Crippen molar-refractivity contribution < 1.29 is 22.7 Å². The van der Waals surface area contributed by atoms with E-state index in [9.17, 15) is 13.2 Å². The molecule has 1 N–H and O–H groups in total. The van der Waals surface area contributed by atoms with Gasteiger partial charge in [0, 0.05) is 19.2 Å². The van der Waals surface area contributed by atoms with Gasteiger partial charge in [0.25, 0.3) is 0 Å². The van der Waals surface area contributed by atoms with E-state index in [-0.39, 0.29) is 17.6 Å². The third-order valence-corrected chi connectivity index (χ3v) is 8.37. The molecule has 9 heteroatoms. The summed E-state index contributed by atoms with van der Waals surface area (Å²) in [7, 11) is -1.94. The minimum atomic E-state index is -3.52. The second-order valence-corrected chi connectivity index (χ2v) is 10.9. The van der Waals surface area contributed by atoms with Crippen LogP contribution in [0, 0.1) is 0 Å². The van der Waals surface area contributed by atoms with Crippen LogP contribution in [0.4, 0.5) is 5.82 Å². The van der Waals surface area contributed by atoms with Crippen LogP contribution in [-0.4, -0.2) is 44.0 Å². The second kappa shape index (κ2) is 8.98. The first-order valence-electron chi connectivity index (χ1n) is 11.6. The topological polar surface area (TPSA) is 97.8 Å². The number of hydrogen-bond acceptors (Lipinski definition) is 6. The van der Waals surface area contributed by atoms with Gasteiger partial charge in [-0.25, -0.2) is 17.7 Å². The van der Waals surface area contributed by atoms with E-state index >= 15 is 0 Å². The summed E-state index contributed by atoms with van der Waals surface area (Å²) in [6, 6.07) is 17.7. The molecule has 1 fully saturated rings. The lowest BCUT2D eigenvalue weighted by Crippen LogP contribution is -2.28. The Balaban J connectivity index is 1.33. The van der Waals surface area contributed by atoms with Gasteiger partial charge in [0.1, 0.15) is 5.82 Å². The van der Waals surface area contributed by atoms with E-state index in [1.165, 1.54) is 4.31 Å². The highest BCUT2D eigenvalue weighted by molar-refractivity contribution is 7.89. The number of carbonyl (C=O) groups is 1. The molecule has 182 valence electrons. The molecule has 1 aromatic heterocycles. The molecule has 2 aromatic carbocycles. The van der Waals surface area contributed by atoms with Crippen molar-refractivity contribution in [3.63, 3.8) is 0 Å². The fourth-order valence-electron chi connectivity index (χ4n) is 4.28. The Morgan fingerprint density at radius 1 is 1.06 bits per heavy atom. The molecule has 0 unspecified atom stereocenters. The normalized spacial score (nSPS) is 15.7. The second-order valence-electron chi connectivity index (χ2n) is 8.86. The molecule has 35 heavy (non-hydrogen) atoms. The van der Waals surface area contributed by atoms with Gasteiger partial charge >= 0.3 is 0 Å². The van der Waals surface area contributed by atoms with E-state index in [1.807, 2.05) is 37.3 Å². The van der Waals surface area contributed by atoms with Crippen LogP contribution in [0.1, 0.15) is 31.7 Å². The molecule has 3 aromatic rings. The van der Waals surface area contributed by atoms with Crippen LogP contribution in [0.2, 0.25) is 0 Å². The van der Waals surface area contributed by atoms with Crippen molar-refractivity contribution in [1.82, 2.24) is 9.29 Å². The lowest BCUT2D eigenvalue weighted by molar-refractivity contribution is -0.118. The molecule has 8 nitrogen and oxygen atoms in total. The monoisotopic (exact) mass is 493 g/mol. The number of fused-ring (bicyclic) bond motifs is 1. The van der Waals surface area contributed by atoms with Crippen LogP contribution < -0.4 is 14.8 Å². The Hall–Kier alpha value is -3.43. The van der Waals surface area contributed by atoms with E-state index in [1.54, 1.807) is 37.4 Å². The summed E-state index contributed by atoms with van der Waals surface area (Å²) in [5, 5.41) is 2.96. The molecule has 2 aliphatic rings. The fraction of sp³-hybridized carbons (Fsp3) is 0.308. The van der Waals surface area contributed by atoms with E-state index < -0.39 is 15.4 Å². The van der Waals surface area contributed by atoms with E-state index in [0.717, 1.165) is 30.4 Å². The van der Waals surface area contributed by atoms with Crippen molar-refractivity contribution in [2.45, 2.75) is 36.5 Å². The van der Waals surface area contributed by atoms with E-state index in [4.69, 9.17) is 9.47 Å². The predicted molar refractivity (Wildman–Crippen MR) is 132 cm³/mol. The van der Waals surface area contributed by atoms with Crippen molar-refractivity contribution in [3.8, 4) is 22.8 Å². The van der Waals surface area contributed by atoms with Crippen LogP contribution in [0.5, 0.6) is 11.5 Å². The minimum absolute atomic E-state index is 0.110. The fourth-order valence-corrected chi connectivity index (χ4v) is 5.54. The first kappa shape index (κ1) is 23.3. The van der Waals surface area contributed by atoms with Crippen molar-refractivity contribution >= 4 is 21.7 Å². The van der Waals surface area contributed by atoms with Gasteiger partial charge in [0.2, 0.25) is 22.7 Å². The number of benzene rings is 2. The molecule has 0 spiro atoms. The van der Waals surface area contributed by atoms with Crippen LogP contribution in [0.15, 0.2) is 65.6 Å². The van der Waals surface area contributed by atoms with Crippen molar-refractivity contribution in [2.75, 3.05) is 25.7 Å². The average molecular weight is 494 g/mol. The van der Waals surface area contributed by atoms with E-state index in [2.05, 4.69) is 10.3 Å². The largest absolute Gasteiger partial charge is 0.454 e. The zero-order chi connectivity index (χ0) is 24.6. The Bertz CT molecular complexity index is 1370. The van der Waals surface area contributed by atoms with Crippen LogP contribution in [-0.2, 0) is 20.2 Å². The molecular weight excluding hydrogens is 466 g/mol. The first-order chi connectivity index (χ1) is 16.8. The molecule has 0 saturated heterocycles. The maximum Gasteiger partial charge on any atom is 0.242 e. The zero-order valence-electron chi connectivity index (χ0n) is 19.7. The summed E-state index contributed by atoms with van der Waals surface area (Å²) in [6.45, 7) is 2.59. The third kappa shape index (κ3) is 4.37. The molecule has 0 bridgehead atoms. The number of nitrogens with one attached hydrogen (secondary N) is 1. The van der Waals surface area contributed by atoms with Crippen molar-refractivity contribution in [2.24, 2.45) is 0 Å². The standard InChI is InChI=1S/C26H27N3O5S/c1-3-15-29(2)35(31,32)20-10-7-18(8-11-20)21-5-4-6-24(27-21)28-25(30)26(13-14-26)19-9-12-22-23(16-19)34-17-33-22/h4-12,16H,3,13-15,17H2,1-2H3,(H,27,28,30). The first-order valence-corrected chi connectivity index (χ1v) is 13.0. The molecule has 1 aliphatic heterocycles. The number of pyridine rings is 1. The average Bonchev–Trinajstić information content (AvgIpc) is 3.55. The molecule has 1 aliphatic carbocycles. The maximum absolute atomic E-state index is 13.2. The summed E-state index contributed by atoms with van der Waals surface area (Å²) in [4.78, 5) is 18.1. The Labute approximate surface area is 204 Å². The number of hydrogen-bond donors (Lipinski definition) is 1. The van der Waals surface area contributed by atoms with Crippen molar-refractivity contribution in [3.05, 3.63) is 66.2 Å². The number of carbonyl (C=O) groups excluding carboxylic acids is 1. The lowest BCUT2D eigenvalue weighted by atomic mass is 9.94. The number of aromatic nitrogens is 1. The Morgan fingerprint density at radius 3 is 2.51 bits per heavy atom. The predicted octanol–water partition coefficient (Wildman–Crippen LogP) is 4.18. The van der Waals surface area contributed by atoms with Gasteiger partial charge in [0.15, 0.2) is 11.5 Å². The van der Waals surface area contributed by atoms with E-state index in [0.29, 0.717) is 29.6 Å². The number of amides is 1.